The van der Waals surface area contributed by atoms with E-state index in [1.807, 2.05) is 0 Å². The van der Waals surface area contributed by atoms with Crippen LogP contribution in [0.15, 0.2) is 0 Å². The van der Waals surface area contributed by atoms with Crippen LogP contribution in [0.2, 0.25) is 0 Å². The molecule has 0 saturated heterocycles. The summed E-state index contributed by atoms with van der Waals surface area (Å²) in [6.07, 6.45) is 19.9. The van der Waals surface area contributed by atoms with E-state index in [4.69, 9.17) is 4.74 Å². The molecule has 0 aromatic heterocycles. The molecule has 150 valence electrons. The first-order chi connectivity index (χ1) is 12.2. The molecule has 0 aliphatic carbocycles. The van der Waals surface area contributed by atoms with Gasteiger partial charge in [-0.3, -0.25) is 4.79 Å². The SMILES string of the molecule is CCCCCCCCCCCCCCCC(O)COC(=O)CCCC. The molecule has 1 unspecified atom stereocenters. The zero-order valence-electron chi connectivity index (χ0n) is 17.1. The third kappa shape index (κ3) is 19.6. The van der Waals surface area contributed by atoms with Gasteiger partial charge in [0.1, 0.15) is 6.61 Å². The number of carbonyl (C=O) groups is 1. The van der Waals surface area contributed by atoms with Gasteiger partial charge in [0.15, 0.2) is 0 Å². The summed E-state index contributed by atoms with van der Waals surface area (Å²) >= 11 is 0. The van der Waals surface area contributed by atoms with Crippen LogP contribution in [-0.4, -0.2) is 23.8 Å². The molecule has 0 saturated carbocycles. The highest BCUT2D eigenvalue weighted by Gasteiger charge is 2.08. The second kappa shape index (κ2) is 19.8. The highest BCUT2D eigenvalue weighted by Crippen LogP contribution is 2.13. The first kappa shape index (κ1) is 24.4. The Bertz CT molecular complexity index is 278. The molecule has 0 rings (SSSR count). The Labute approximate surface area is 156 Å². The highest BCUT2D eigenvalue weighted by molar-refractivity contribution is 5.69. The zero-order valence-corrected chi connectivity index (χ0v) is 17.1. The van der Waals surface area contributed by atoms with E-state index in [1.165, 1.54) is 77.0 Å². The first-order valence-corrected chi connectivity index (χ1v) is 11.0. The van der Waals surface area contributed by atoms with Gasteiger partial charge in [-0.1, -0.05) is 104 Å². The van der Waals surface area contributed by atoms with Crippen LogP contribution in [0.3, 0.4) is 0 Å². The number of ether oxygens (including phenoxy) is 1. The fourth-order valence-electron chi connectivity index (χ4n) is 3.06. The van der Waals surface area contributed by atoms with Crippen LogP contribution in [0.5, 0.6) is 0 Å². The van der Waals surface area contributed by atoms with E-state index in [-0.39, 0.29) is 12.6 Å². The number of unbranched alkanes of at least 4 members (excludes halogenated alkanes) is 13. The number of aliphatic hydroxyl groups excluding tert-OH is 1. The minimum atomic E-state index is -0.488. The van der Waals surface area contributed by atoms with Gasteiger partial charge in [-0.25, -0.2) is 0 Å². The maximum absolute atomic E-state index is 11.4. The van der Waals surface area contributed by atoms with E-state index < -0.39 is 6.10 Å². The second-order valence-corrected chi connectivity index (χ2v) is 7.47. The standard InChI is InChI=1S/C22H44O3/c1-3-5-7-8-9-10-11-12-13-14-15-16-17-18-21(23)20-25-22(24)19-6-4-2/h21,23H,3-20H2,1-2H3. The number of esters is 1. The Morgan fingerprint density at radius 1 is 0.720 bits per heavy atom. The number of carbonyl (C=O) groups excluding carboxylic acids is 1. The molecule has 0 radical (unpaired) electrons. The van der Waals surface area contributed by atoms with Crippen molar-refractivity contribution in [1.29, 1.82) is 0 Å². The predicted octanol–water partition coefficient (Wildman–Crippen LogP) is 6.56. The van der Waals surface area contributed by atoms with Crippen molar-refractivity contribution in [3.8, 4) is 0 Å². The summed E-state index contributed by atoms with van der Waals surface area (Å²) in [5, 5.41) is 9.82. The average molecular weight is 357 g/mol. The van der Waals surface area contributed by atoms with Crippen molar-refractivity contribution >= 4 is 5.97 Å². The molecule has 0 amide bonds. The largest absolute Gasteiger partial charge is 0.463 e. The van der Waals surface area contributed by atoms with E-state index in [9.17, 15) is 9.90 Å². The monoisotopic (exact) mass is 356 g/mol. The third-order valence-corrected chi connectivity index (χ3v) is 4.81. The fraction of sp³-hybridized carbons (Fsp3) is 0.955. The molecule has 0 fully saturated rings. The quantitative estimate of drug-likeness (QED) is 0.210. The van der Waals surface area contributed by atoms with Crippen molar-refractivity contribution in [2.45, 2.75) is 129 Å². The van der Waals surface area contributed by atoms with Crippen LogP contribution in [0, 0.1) is 0 Å². The summed E-state index contributed by atoms with van der Waals surface area (Å²) in [6, 6.07) is 0. The third-order valence-electron chi connectivity index (χ3n) is 4.81. The number of hydrogen-bond acceptors (Lipinski definition) is 3. The molecule has 0 aromatic rings. The van der Waals surface area contributed by atoms with Crippen LogP contribution in [-0.2, 0) is 9.53 Å². The maximum atomic E-state index is 11.4. The summed E-state index contributed by atoms with van der Waals surface area (Å²) in [6.45, 7) is 4.49. The second-order valence-electron chi connectivity index (χ2n) is 7.47. The van der Waals surface area contributed by atoms with E-state index >= 15 is 0 Å². The van der Waals surface area contributed by atoms with Crippen molar-refractivity contribution in [3.05, 3.63) is 0 Å². The van der Waals surface area contributed by atoms with Crippen LogP contribution in [0.1, 0.15) is 123 Å². The van der Waals surface area contributed by atoms with Gasteiger partial charge in [0.25, 0.3) is 0 Å². The van der Waals surface area contributed by atoms with Crippen molar-refractivity contribution < 1.29 is 14.6 Å². The zero-order chi connectivity index (χ0) is 18.6. The fourth-order valence-corrected chi connectivity index (χ4v) is 3.06. The molecule has 0 aliphatic heterocycles. The lowest BCUT2D eigenvalue weighted by molar-refractivity contribution is -0.146. The van der Waals surface area contributed by atoms with Crippen molar-refractivity contribution in [2.24, 2.45) is 0 Å². The van der Waals surface area contributed by atoms with Gasteiger partial charge in [0.05, 0.1) is 6.10 Å². The minimum Gasteiger partial charge on any atom is -0.463 e. The highest BCUT2D eigenvalue weighted by atomic mass is 16.5. The normalized spacial score (nSPS) is 12.3. The maximum Gasteiger partial charge on any atom is 0.305 e. The number of aliphatic hydroxyl groups is 1. The molecule has 0 aliphatic rings. The Balaban J connectivity index is 3.20. The van der Waals surface area contributed by atoms with Gasteiger partial charge in [0.2, 0.25) is 0 Å². The van der Waals surface area contributed by atoms with E-state index in [1.54, 1.807) is 0 Å². The molecule has 3 nitrogen and oxygen atoms in total. The summed E-state index contributed by atoms with van der Waals surface area (Å²) in [7, 11) is 0. The molecule has 1 atom stereocenters. The summed E-state index contributed by atoms with van der Waals surface area (Å²) < 4.78 is 5.08. The molecule has 25 heavy (non-hydrogen) atoms. The molecule has 3 heteroatoms. The molecule has 0 heterocycles. The van der Waals surface area contributed by atoms with E-state index in [0.29, 0.717) is 6.42 Å². The van der Waals surface area contributed by atoms with Gasteiger partial charge < -0.3 is 9.84 Å². The van der Waals surface area contributed by atoms with Crippen LogP contribution < -0.4 is 0 Å². The van der Waals surface area contributed by atoms with Crippen molar-refractivity contribution in [1.82, 2.24) is 0 Å². The van der Waals surface area contributed by atoms with E-state index in [2.05, 4.69) is 13.8 Å². The van der Waals surface area contributed by atoms with Gasteiger partial charge in [-0.05, 0) is 12.8 Å². The minimum absolute atomic E-state index is 0.167. The lowest BCUT2D eigenvalue weighted by Gasteiger charge is -2.11. The number of hydrogen-bond donors (Lipinski definition) is 1. The lowest BCUT2D eigenvalue weighted by Crippen LogP contribution is -2.18. The molecular formula is C22H44O3. The van der Waals surface area contributed by atoms with E-state index in [0.717, 1.165) is 25.7 Å². The summed E-state index contributed by atoms with van der Waals surface area (Å²) in [5.74, 6) is -0.175. The number of rotatable bonds is 19. The summed E-state index contributed by atoms with van der Waals surface area (Å²) in [5.41, 5.74) is 0. The first-order valence-electron chi connectivity index (χ1n) is 11.0. The smallest absolute Gasteiger partial charge is 0.305 e. The van der Waals surface area contributed by atoms with Gasteiger partial charge in [0, 0.05) is 6.42 Å². The average Bonchev–Trinajstić information content (AvgIpc) is 2.62. The molecule has 1 N–H and O–H groups in total. The molecule has 0 aromatic carbocycles. The van der Waals surface area contributed by atoms with Gasteiger partial charge in [-0.15, -0.1) is 0 Å². The predicted molar refractivity (Wildman–Crippen MR) is 107 cm³/mol. The molecule has 0 spiro atoms. The lowest BCUT2D eigenvalue weighted by atomic mass is 10.0. The topological polar surface area (TPSA) is 46.5 Å². The van der Waals surface area contributed by atoms with Crippen LogP contribution in [0.25, 0.3) is 0 Å². The van der Waals surface area contributed by atoms with Gasteiger partial charge in [-0.2, -0.15) is 0 Å². The van der Waals surface area contributed by atoms with Gasteiger partial charge >= 0.3 is 5.97 Å². The van der Waals surface area contributed by atoms with Crippen molar-refractivity contribution in [3.63, 3.8) is 0 Å². The summed E-state index contributed by atoms with van der Waals surface area (Å²) in [4.78, 5) is 11.4. The Morgan fingerprint density at radius 3 is 1.64 bits per heavy atom. The molecule has 0 bridgehead atoms. The van der Waals surface area contributed by atoms with Crippen molar-refractivity contribution in [2.75, 3.05) is 6.61 Å². The molecular weight excluding hydrogens is 312 g/mol. The Hall–Kier alpha value is -0.570. The Kier molecular flexibility index (Phi) is 19.3. The van der Waals surface area contributed by atoms with Crippen LogP contribution >= 0.6 is 0 Å². The van der Waals surface area contributed by atoms with Crippen LogP contribution in [0.4, 0.5) is 0 Å². The Morgan fingerprint density at radius 2 is 1.16 bits per heavy atom.